The summed E-state index contributed by atoms with van der Waals surface area (Å²) in [5, 5.41) is 40.1. The van der Waals surface area contributed by atoms with Crippen LogP contribution in [0.3, 0.4) is 0 Å². The van der Waals surface area contributed by atoms with E-state index in [1.807, 2.05) is 0 Å². The fourth-order valence-electron chi connectivity index (χ4n) is 7.00. The zero-order valence-corrected chi connectivity index (χ0v) is 35.4. The van der Waals surface area contributed by atoms with Crippen molar-refractivity contribution in [3.63, 3.8) is 0 Å². The van der Waals surface area contributed by atoms with E-state index >= 15 is 0 Å². The maximum Gasteiger partial charge on any atom is 0.306 e. The van der Waals surface area contributed by atoms with Gasteiger partial charge in [0.2, 0.25) is 0 Å². The minimum absolute atomic E-state index is 0.116. The fourth-order valence-corrected chi connectivity index (χ4v) is 7.00. The summed E-state index contributed by atoms with van der Waals surface area (Å²) in [6.45, 7) is 4.50. The molecule has 0 radical (unpaired) electrons. The van der Waals surface area contributed by atoms with Crippen LogP contribution in [-0.4, -0.2) is 89.6 Å². The largest absolute Gasteiger partial charge is 0.457 e. The van der Waals surface area contributed by atoms with Crippen LogP contribution in [0.4, 0.5) is 0 Å². The van der Waals surface area contributed by atoms with Gasteiger partial charge in [0.1, 0.15) is 30.5 Å². The van der Waals surface area contributed by atoms with Gasteiger partial charge in [-0.1, -0.05) is 179 Å². The van der Waals surface area contributed by atoms with Crippen LogP contribution < -0.4 is 0 Å². The molecule has 4 N–H and O–H groups in total. The van der Waals surface area contributed by atoms with E-state index in [1.165, 1.54) is 116 Å². The van der Waals surface area contributed by atoms with Crippen molar-refractivity contribution >= 4 is 5.97 Å². The molecule has 0 aromatic carbocycles. The second kappa shape index (κ2) is 38.2. The third-order valence-corrected chi connectivity index (χ3v) is 10.6. The van der Waals surface area contributed by atoms with Gasteiger partial charge in [-0.2, -0.15) is 0 Å². The van der Waals surface area contributed by atoms with Gasteiger partial charge in [-0.3, -0.25) is 4.79 Å². The van der Waals surface area contributed by atoms with E-state index in [0.717, 1.165) is 64.2 Å². The summed E-state index contributed by atoms with van der Waals surface area (Å²) < 4.78 is 22.8. The number of ether oxygens (including phenoxy) is 4. The number of aliphatic hydroxyl groups excluding tert-OH is 4. The third-order valence-electron chi connectivity index (χ3n) is 10.6. The van der Waals surface area contributed by atoms with E-state index in [0.29, 0.717) is 13.0 Å². The minimum atomic E-state index is -1.54. The van der Waals surface area contributed by atoms with Crippen molar-refractivity contribution < 1.29 is 44.2 Å². The summed E-state index contributed by atoms with van der Waals surface area (Å²) >= 11 is 0. The predicted molar refractivity (Wildman–Crippen MR) is 224 cm³/mol. The third kappa shape index (κ3) is 29.5. The van der Waals surface area contributed by atoms with Crippen LogP contribution in [0.25, 0.3) is 0 Å². The van der Waals surface area contributed by atoms with Crippen molar-refractivity contribution in [1.29, 1.82) is 0 Å². The molecule has 6 atom stereocenters. The summed E-state index contributed by atoms with van der Waals surface area (Å²) in [7, 11) is 0. The van der Waals surface area contributed by atoms with Crippen LogP contribution in [0, 0.1) is 0 Å². The lowest BCUT2D eigenvalue weighted by Gasteiger charge is -2.39. The molecule has 324 valence electrons. The van der Waals surface area contributed by atoms with Gasteiger partial charge in [0.15, 0.2) is 6.29 Å². The monoisotopic (exact) mass is 783 g/mol. The fraction of sp³-hybridized carbons (Fsp3) is 0.891. The van der Waals surface area contributed by atoms with Crippen molar-refractivity contribution in [3.8, 4) is 0 Å². The molecule has 9 nitrogen and oxygen atoms in total. The molecule has 1 heterocycles. The Labute approximate surface area is 337 Å². The SMILES string of the molecule is CCC/C=C\C/C=C\CCCCCCCC(=O)OC(COCCCCCCCCCCCCCCCCCCCCC)COC1OC(CO)C(O)C(O)C1O. The summed E-state index contributed by atoms with van der Waals surface area (Å²) in [5.41, 5.74) is 0. The number of carbonyl (C=O) groups is 1. The maximum atomic E-state index is 12.7. The first kappa shape index (κ1) is 51.7. The molecule has 1 aliphatic rings. The minimum Gasteiger partial charge on any atom is -0.457 e. The van der Waals surface area contributed by atoms with Crippen LogP contribution >= 0.6 is 0 Å². The van der Waals surface area contributed by atoms with E-state index < -0.39 is 43.4 Å². The van der Waals surface area contributed by atoms with Gasteiger partial charge in [0.25, 0.3) is 0 Å². The number of aliphatic hydroxyl groups is 4. The number of esters is 1. The molecular formula is C46H86O9. The van der Waals surface area contributed by atoms with Gasteiger partial charge in [0, 0.05) is 13.0 Å². The van der Waals surface area contributed by atoms with Gasteiger partial charge >= 0.3 is 5.97 Å². The van der Waals surface area contributed by atoms with E-state index in [4.69, 9.17) is 18.9 Å². The van der Waals surface area contributed by atoms with Gasteiger partial charge in [0.05, 0.1) is 19.8 Å². The van der Waals surface area contributed by atoms with Gasteiger partial charge in [-0.15, -0.1) is 0 Å². The van der Waals surface area contributed by atoms with E-state index in [2.05, 4.69) is 38.2 Å². The van der Waals surface area contributed by atoms with Crippen molar-refractivity contribution in [2.75, 3.05) is 26.4 Å². The van der Waals surface area contributed by atoms with Gasteiger partial charge in [-0.05, 0) is 38.5 Å². The number of hydrogen-bond donors (Lipinski definition) is 4. The second-order valence-electron chi connectivity index (χ2n) is 15.9. The highest BCUT2D eigenvalue weighted by Gasteiger charge is 2.44. The zero-order chi connectivity index (χ0) is 40.0. The first-order valence-electron chi connectivity index (χ1n) is 22.9. The summed E-state index contributed by atoms with van der Waals surface area (Å²) in [6, 6.07) is 0. The van der Waals surface area contributed by atoms with Crippen molar-refractivity contribution in [1.82, 2.24) is 0 Å². The Balaban J connectivity index is 2.23. The van der Waals surface area contributed by atoms with Crippen molar-refractivity contribution in [3.05, 3.63) is 24.3 Å². The molecule has 0 aromatic heterocycles. The van der Waals surface area contributed by atoms with Crippen LogP contribution in [0.2, 0.25) is 0 Å². The molecule has 1 fully saturated rings. The molecule has 0 amide bonds. The molecule has 1 rings (SSSR count). The number of carbonyl (C=O) groups excluding carboxylic acids is 1. The van der Waals surface area contributed by atoms with Crippen molar-refractivity contribution in [2.24, 2.45) is 0 Å². The molecule has 0 aliphatic carbocycles. The molecule has 55 heavy (non-hydrogen) atoms. The van der Waals surface area contributed by atoms with Gasteiger partial charge in [-0.25, -0.2) is 0 Å². The molecule has 0 bridgehead atoms. The number of allylic oxidation sites excluding steroid dienone is 4. The predicted octanol–water partition coefficient (Wildman–Crippen LogP) is 10.2. The average Bonchev–Trinajstić information content (AvgIpc) is 3.18. The molecule has 9 heteroatoms. The van der Waals surface area contributed by atoms with E-state index in [9.17, 15) is 25.2 Å². The maximum absolute atomic E-state index is 12.7. The highest BCUT2D eigenvalue weighted by atomic mass is 16.7. The van der Waals surface area contributed by atoms with E-state index in [1.54, 1.807) is 0 Å². The first-order valence-corrected chi connectivity index (χ1v) is 22.9. The lowest BCUT2D eigenvalue weighted by atomic mass is 9.99. The lowest BCUT2D eigenvalue weighted by Crippen LogP contribution is -2.59. The highest BCUT2D eigenvalue weighted by Crippen LogP contribution is 2.23. The van der Waals surface area contributed by atoms with Crippen LogP contribution in [-0.2, 0) is 23.7 Å². The average molecular weight is 783 g/mol. The summed E-state index contributed by atoms with van der Waals surface area (Å²) in [4.78, 5) is 12.7. The van der Waals surface area contributed by atoms with Gasteiger partial charge < -0.3 is 39.4 Å². The van der Waals surface area contributed by atoms with Crippen LogP contribution in [0.5, 0.6) is 0 Å². The van der Waals surface area contributed by atoms with Crippen molar-refractivity contribution in [2.45, 2.75) is 237 Å². The normalized spacial score (nSPS) is 20.9. The Morgan fingerprint density at radius 2 is 1.09 bits per heavy atom. The molecule has 0 saturated carbocycles. The Bertz CT molecular complexity index is 895. The standard InChI is InChI=1S/C46H86O9/c1-3-5-7-9-11-13-15-17-18-19-20-21-22-24-26-28-30-32-34-36-52-38-40(39-53-46-45(51)44(50)43(49)41(37-47)55-46)54-42(48)35-33-31-29-27-25-23-16-14-12-10-8-6-4-2/h8,10,14,16,40-41,43-47,49-51H,3-7,9,11-13,15,17-39H2,1-2H3/b10-8-,16-14-. The summed E-state index contributed by atoms with van der Waals surface area (Å²) in [5.74, 6) is -0.325. The first-order chi connectivity index (χ1) is 26.9. The van der Waals surface area contributed by atoms with Crippen LogP contribution in [0.1, 0.15) is 200 Å². The number of unbranched alkanes of at least 4 members (excludes halogenated alkanes) is 24. The lowest BCUT2D eigenvalue weighted by molar-refractivity contribution is -0.305. The number of rotatable bonds is 39. The Morgan fingerprint density at radius 1 is 0.582 bits per heavy atom. The summed E-state index contributed by atoms with van der Waals surface area (Å²) in [6.07, 6.45) is 36.4. The quantitative estimate of drug-likeness (QED) is 0.0273. The topological polar surface area (TPSA) is 135 Å². The second-order valence-corrected chi connectivity index (χ2v) is 15.9. The Morgan fingerprint density at radius 3 is 1.64 bits per heavy atom. The molecule has 1 saturated heterocycles. The molecular weight excluding hydrogens is 696 g/mol. The molecule has 1 aliphatic heterocycles. The Kier molecular flexibility index (Phi) is 35.9. The van der Waals surface area contributed by atoms with E-state index in [-0.39, 0.29) is 19.2 Å². The molecule has 0 aromatic rings. The zero-order valence-electron chi connectivity index (χ0n) is 35.4. The number of hydrogen-bond acceptors (Lipinski definition) is 9. The highest BCUT2D eigenvalue weighted by molar-refractivity contribution is 5.69. The Hall–Kier alpha value is -1.33. The van der Waals surface area contributed by atoms with Crippen LogP contribution in [0.15, 0.2) is 24.3 Å². The molecule has 6 unspecified atom stereocenters. The smallest absolute Gasteiger partial charge is 0.306 e. The molecule has 0 spiro atoms.